The van der Waals surface area contributed by atoms with Gasteiger partial charge in [-0.15, -0.1) is 0 Å². The number of para-hydroxylation sites is 1. The molecule has 2 rings (SSSR count). The number of nitrogens with zero attached hydrogens (tertiary/aromatic N) is 1. The third kappa shape index (κ3) is 1.16. The van der Waals surface area contributed by atoms with Gasteiger partial charge in [-0.2, -0.15) is 0 Å². The van der Waals surface area contributed by atoms with Gasteiger partial charge >= 0.3 is 0 Å². The average molecular weight is 161 g/mol. The van der Waals surface area contributed by atoms with Crippen molar-refractivity contribution in [3.8, 4) is 5.75 Å². The maximum absolute atomic E-state index is 10.8. The van der Waals surface area contributed by atoms with Crippen LogP contribution in [0.15, 0.2) is 30.3 Å². The Morgan fingerprint density at radius 2 is 2.08 bits per heavy atom. The summed E-state index contributed by atoms with van der Waals surface area (Å²) < 4.78 is 0. The van der Waals surface area contributed by atoms with E-state index in [0.717, 1.165) is 5.56 Å². The highest BCUT2D eigenvalue weighted by Crippen LogP contribution is 2.20. The molecular formula is C9H7NO2. The standard InChI is InChI=1S/C9H7NO2/c11-10-7-3-5-8-4-1-2-6-9(8)12-10/h1-7H. The Balaban J connectivity index is 2.49. The summed E-state index contributed by atoms with van der Waals surface area (Å²) in [7, 11) is 0. The monoisotopic (exact) mass is 161 g/mol. The van der Waals surface area contributed by atoms with Gasteiger partial charge in [0.2, 0.25) is 6.21 Å². The predicted octanol–water partition coefficient (Wildman–Crippen LogP) is 1.59. The number of hydrogen-bond acceptors (Lipinski definition) is 2. The molecule has 3 heteroatoms. The van der Waals surface area contributed by atoms with Gasteiger partial charge in [0.05, 0.1) is 5.75 Å². The Bertz CT molecular complexity index is 355. The first-order chi connectivity index (χ1) is 5.86. The van der Waals surface area contributed by atoms with Crippen molar-refractivity contribution in [1.82, 2.24) is 0 Å². The Morgan fingerprint density at radius 3 is 3.00 bits per heavy atom. The van der Waals surface area contributed by atoms with Crippen molar-refractivity contribution in [3.63, 3.8) is 0 Å². The van der Waals surface area contributed by atoms with Gasteiger partial charge in [0.25, 0.3) is 0 Å². The number of benzene rings is 1. The molecule has 12 heavy (non-hydrogen) atoms. The molecular weight excluding hydrogens is 154 g/mol. The molecule has 0 atom stereocenters. The van der Waals surface area contributed by atoms with Crippen LogP contribution in [0.4, 0.5) is 0 Å². The van der Waals surface area contributed by atoms with Crippen LogP contribution in [0.5, 0.6) is 5.75 Å². The zero-order valence-corrected chi connectivity index (χ0v) is 6.31. The number of allylic oxidation sites excluding steroid dienone is 1. The molecule has 0 bridgehead atoms. The lowest BCUT2D eigenvalue weighted by Gasteiger charge is -2.06. The number of fused-ring (bicyclic) bond motifs is 1. The minimum absolute atomic E-state index is 0.433. The molecule has 1 aliphatic heterocycles. The van der Waals surface area contributed by atoms with Crippen LogP contribution >= 0.6 is 0 Å². The lowest BCUT2D eigenvalue weighted by molar-refractivity contribution is -0.689. The Labute approximate surface area is 69.8 Å². The second-order valence-electron chi connectivity index (χ2n) is 2.42. The van der Waals surface area contributed by atoms with Crippen LogP contribution in [0.3, 0.4) is 0 Å². The zero-order valence-electron chi connectivity index (χ0n) is 6.31. The Hall–Kier alpha value is -1.77. The minimum atomic E-state index is 0.433. The minimum Gasteiger partial charge on any atom is -0.367 e. The lowest BCUT2D eigenvalue weighted by Crippen LogP contribution is -2.07. The molecule has 1 aliphatic rings. The van der Waals surface area contributed by atoms with Gasteiger partial charge in [0.1, 0.15) is 0 Å². The van der Waals surface area contributed by atoms with E-state index in [1.807, 2.05) is 24.3 Å². The highest BCUT2D eigenvalue weighted by Gasteiger charge is 2.02. The fourth-order valence-electron chi connectivity index (χ4n) is 1.05. The van der Waals surface area contributed by atoms with E-state index in [0.29, 0.717) is 10.7 Å². The van der Waals surface area contributed by atoms with Crippen molar-refractivity contribution < 1.29 is 9.74 Å². The van der Waals surface area contributed by atoms with Crippen LogP contribution in [0.25, 0.3) is 6.08 Å². The summed E-state index contributed by atoms with van der Waals surface area (Å²) in [5.41, 5.74) is 0.909. The van der Waals surface area contributed by atoms with Gasteiger partial charge in [0, 0.05) is 11.0 Å². The second kappa shape index (κ2) is 2.70. The van der Waals surface area contributed by atoms with E-state index in [1.54, 1.807) is 12.1 Å². The summed E-state index contributed by atoms with van der Waals surface area (Å²) in [6.45, 7) is 0. The summed E-state index contributed by atoms with van der Waals surface area (Å²) in [5, 5.41) is 10.8. The summed E-state index contributed by atoms with van der Waals surface area (Å²) in [4.78, 5) is 5.35. The Morgan fingerprint density at radius 1 is 1.25 bits per heavy atom. The van der Waals surface area contributed by atoms with Crippen LogP contribution in [-0.2, 0) is 0 Å². The maximum atomic E-state index is 10.8. The summed E-state index contributed by atoms with van der Waals surface area (Å²) in [6, 6.07) is 7.36. The van der Waals surface area contributed by atoms with Gasteiger partial charge in [-0.05, 0) is 17.7 Å². The number of hydrogen-bond donors (Lipinski definition) is 0. The van der Waals surface area contributed by atoms with Crippen molar-refractivity contribution in [2.24, 2.45) is 0 Å². The normalized spacial score (nSPS) is 14.2. The first-order valence-corrected chi connectivity index (χ1v) is 3.61. The molecule has 0 unspecified atom stereocenters. The summed E-state index contributed by atoms with van der Waals surface area (Å²) in [6.07, 6.45) is 4.80. The molecule has 0 aliphatic carbocycles. The first kappa shape index (κ1) is 6.91. The first-order valence-electron chi connectivity index (χ1n) is 3.61. The van der Waals surface area contributed by atoms with E-state index in [9.17, 15) is 5.21 Å². The number of rotatable bonds is 0. The molecule has 0 radical (unpaired) electrons. The van der Waals surface area contributed by atoms with E-state index in [4.69, 9.17) is 4.84 Å². The van der Waals surface area contributed by atoms with Gasteiger partial charge in [0.15, 0.2) is 0 Å². The maximum Gasteiger partial charge on any atom is 0.233 e. The van der Waals surface area contributed by atoms with E-state index >= 15 is 0 Å². The third-order valence-electron chi connectivity index (χ3n) is 1.59. The molecule has 1 aromatic rings. The third-order valence-corrected chi connectivity index (χ3v) is 1.59. The SMILES string of the molecule is [O-][N+]1=CC=Cc2ccccc2O1. The van der Waals surface area contributed by atoms with E-state index in [2.05, 4.69) is 0 Å². The van der Waals surface area contributed by atoms with E-state index < -0.39 is 0 Å². The fraction of sp³-hybridized carbons (Fsp3) is 0. The van der Waals surface area contributed by atoms with Crippen LogP contribution in [0.2, 0.25) is 0 Å². The van der Waals surface area contributed by atoms with E-state index in [-0.39, 0.29) is 0 Å². The quantitative estimate of drug-likeness (QED) is 0.541. The molecule has 0 amide bonds. The molecule has 60 valence electrons. The molecule has 0 saturated heterocycles. The molecule has 0 N–H and O–H groups in total. The van der Waals surface area contributed by atoms with Crippen LogP contribution in [0.1, 0.15) is 5.56 Å². The summed E-state index contributed by atoms with van der Waals surface area (Å²) >= 11 is 0. The smallest absolute Gasteiger partial charge is 0.233 e. The molecule has 0 fully saturated rings. The topological polar surface area (TPSA) is 35.3 Å². The molecule has 0 saturated carbocycles. The van der Waals surface area contributed by atoms with E-state index in [1.165, 1.54) is 6.21 Å². The van der Waals surface area contributed by atoms with Crippen molar-refractivity contribution in [1.29, 1.82) is 0 Å². The Kier molecular flexibility index (Phi) is 1.55. The van der Waals surface area contributed by atoms with Gasteiger partial charge in [-0.1, -0.05) is 18.2 Å². The van der Waals surface area contributed by atoms with Crippen molar-refractivity contribution in [2.45, 2.75) is 0 Å². The molecule has 0 spiro atoms. The van der Waals surface area contributed by atoms with Gasteiger partial charge < -0.3 is 4.84 Å². The second-order valence-corrected chi connectivity index (χ2v) is 2.42. The van der Waals surface area contributed by atoms with Crippen LogP contribution in [0, 0.1) is 5.21 Å². The lowest BCUT2D eigenvalue weighted by atomic mass is 10.2. The highest BCUT2D eigenvalue weighted by molar-refractivity contribution is 5.76. The molecule has 1 aromatic carbocycles. The van der Waals surface area contributed by atoms with Crippen molar-refractivity contribution >= 4 is 12.3 Å². The predicted molar refractivity (Wildman–Crippen MR) is 45.8 cm³/mol. The molecule has 3 nitrogen and oxygen atoms in total. The fourth-order valence-corrected chi connectivity index (χ4v) is 1.05. The summed E-state index contributed by atoms with van der Waals surface area (Å²) in [5.74, 6) is 0.581. The average Bonchev–Trinajstić information content (AvgIpc) is 2.25. The van der Waals surface area contributed by atoms with Crippen molar-refractivity contribution in [3.05, 3.63) is 41.1 Å². The molecule has 0 aromatic heterocycles. The van der Waals surface area contributed by atoms with Crippen LogP contribution in [-0.4, -0.2) is 11.1 Å². The van der Waals surface area contributed by atoms with Gasteiger partial charge in [-0.25, -0.2) is 0 Å². The zero-order chi connectivity index (χ0) is 8.39. The molecule has 1 heterocycles. The largest absolute Gasteiger partial charge is 0.367 e. The van der Waals surface area contributed by atoms with Crippen LogP contribution < -0.4 is 4.84 Å². The van der Waals surface area contributed by atoms with Gasteiger partial charge in [-0.3, -0.25) is 5.21 Å². The van der Waals surface area contributed by atoms with Crippen molar-refractivity contribution in [2.75, 3.05) is 0 Å². The highest BCUT2D eigenvalue weighted by atomic mass is 16.9.